The van der Waals surface area contributed by atoms with Crippen molar-refractivity contribution in [3.8, 4) is 0 Å². The molecule has 0 aliphatic rings. The zero-order chi connectivity index (χ0) is 18.5. The molecule has 0 aliphatic heterocycles. The van der Waals surface area contributed by atoms with E-state index in [1.165, 1.54) is 0 Å². The number of anilines is 1. The number of nitrogens with zero attached hydrogens (tertiary/aromatic N) is 3. The van der Waals surface area contributed by atoms with Gasteiger partial charge in [0.1, 0.15) is 5.82 Å². The second-order valence-corrected chi connectivity index (χ2v) is 8.69. The second kappa shape index (κ2) is 8.12. The van der Waals surface area contributed by atoms with E-state index in [9.17, 15) is 4.79 Å². The average molecular weight is 338 g/mol. The Labute approximate surface area is 146 Å². The quantitative estimate of drug-likeness (QED) is 0.801. The molecule has 0 aromatic carbocycles. The van der Waals surface area contributed by atoms with Crippen molar-refractivity contribution in [3.63, 3.8) is 0 Å². The highest BCUT2D eigenvalue weighted by molar-refractivity contribution is 5.91. The van der Waals surface area contributed by atoms with Gasteiger partial charge in [-0.05, 0) is 11.8 Å². The fourth-order valence-electron chi connectivity index (χ4n) is 2.52. The Balaban J connectivity index is 2.73. The van der Waals surface area contributed by atoms with Crippen molar-refractivity contribution in [1.29, 1.82) is 0 Å². The number of amides is 1. The van der Waals surface area contributed by atoms with E-state index in [-0.39, 0.29) is 23.3 Å². The van der Waals surface area contributed by atoms with Gasteiger partial charge < -0.3 is 10.4 Å². The molecule has 0 atom stereocenters. The molecule has 6 nitrogen and oxygen atoms in total. The lowest BCUT2D eigenvalue weighted by atomic mass is 9.92. The number of aromatic nitrogens is 2. The van der Waals surface area contributed by atoms with Crippen LogP contribution in [0.5, 0.6) is 0 Å². The molecule has 0 radical (unpaired) electrons. The Morgan fingerprint density at radius 2 is 1.92 bits per heavy atom. The maximum absolute atomic E-state index is 12.4. The Morgan fingerprint density at radius 1 is 1.29 bits per heavy atom. The summed E-state index contributed by atoms with van der Waals surface area (Å²) in [6.07, 6.45) is 0.670. The summed E-state index contributed by atoms with van der Waals surface area (Å²) in [5, 5.41) is 16.5. The highest BCUT2D eigenvalue weighted by atomic mass is 16.3. The van der Waals surface area contributed by atoms with Crippen LogP contribution in [0, 0.1) is 5.41 Å². The van der Waals surface area contributed by atoms with E-state index in [4.69, 9.17) is 5.11 Å². The van der Waals surface area contributed by atoms with Crippen molar-refractivity contribution in [2.75, 3.05) is 31.6 Å². The molecule has 1 aromatic heterocycles. The molecule has 6 heteroatoms. The number of hydrogen-bond donors (Lipinski definition) is 2. The smallest absolute Gasteiger partial charge is 0.239 e. The van der Waals surface area contributed by atoms with Gasteiger partial charge in [0.05, 0.1) is 12.2 Å². The van der Waals surface area contributed by atoms with Gasteiger partial charge in [0.15, 0.2) is 0 Å². The molecule has 0 saturated carbocycles. The Bertz CT molecular complexity index is 538. The summed E-state index contributed by atoms with van der Waals surface area (Å²) >= 11 is 0. The number of carbonyl (C=O) groups excluding carboxylic acids is 1. The van der Waals surface area contributed by atoms with Crippen LogP contribution in [0.15, 0.2) is 6.07 Å². The summed E-state index contributed by atoms with van der Waals surface area (Å²) in [5.41, 5.74) is 0.994. The molecular weight excluding hydrogens is 304 g/mol. The minimum absolute atomic E-state index is 0.0550. The van der Waals surface area contributed by atoms with Crippen molar-refractivity contribution in [3.05, 3.63) is 11.8 Å². The predicted molar refractivity (Wildman–Crippen MR) is 98.1 cm³/mol. The number of aryl methyl sites for hydroxylation is 1. The van der Waals surface area contributed by atoms with Gasteiger partial charge in [-0.3, -0.25) is 14.4 Å². The normalized spacial score (nSPS) is 12.7. The number of hydrogen-bond acceptors (Lipinski definition) is 4. The first-order chi connectivity index (χ1) is 10.9. The first kappa shape index (κ1) is 20.6. The van der Waals surface area contributed by atoms with E-state index in [0.29, 0.717) is 25.3 Å². The Morgan fingerprint density at radius 3 is 2.38 bits per heavy atom. The molecule has 1 amide bonds. The van der Waals surface area contributed by atoms with Crippen molar-refractivity contribution in [2.24, 2.45) is 12.5 Å². The minimum Gasteiger partial charge on any atom is -0.396 e. The van der Waals surface area contributed by atoms with Crippen LogP contribution in [-0.2, 0) is 17.3 Å². The molecule has 0 unspecified atom stereocenters. The second-order valence-electron chi connectivity index (χ2n) is 8.69. The van der Waals surface area contributed by atoms with Crippen LogP contribution in [0.2, 0.25) is 0 Å². The molecule has 24 heavy (non-hydrogen) atoms. The largest absolute Gasteiger partial charge is 0.396 e. The zero-order valence-electron chi connectivity index (χ0n) is 16.3. The van der Waals surface area contributed by atoms with Gasteiger partial charge in [-0.25, -0.2) is 0 Å². The van der Waals surface area contributed by atoms with Crippen molar-refractivity contribution in [2.45, 2.75) is 53.4 Å². The standard InChI is InChI=1S/C18H34N4O2/c1-17(2,3)13-22(9-8-10-23)12-16(24)19-15-11-14(18(4,5)6)20-21(15)7/h11,23H,8-10,12-13H2,1-7H3,(H,19,24). The molecule has 2 N–H and O–H groups in total. The van der Waals surface area contributed by atoms with Crippen molar-refractivity contribution in [1.82, 2.24) is 14.7 Å². The minimum atomic E-state index is -0.0554. The number of aliphatic hydroxyl groups excluding tert-OH is 1. The molecule has 0 spiro atoms. The molecule has 0 aliphatic carbocycles. The van der Waals surface area contributed by atoms with Crippen LogP contribution in [0.25, 0.3) is 0 Å². The van der Waals surface area contributed by atoms with Gasteiger partial charge in [0.2, 0.25) is 5.91 Å². The van der Waals surface area contributed by atoms with Gasteiger partial charge in [-0.15, -0.1) is 0 Å². The molecular formula is C18H34N4O2. The van der Waals surface area contributed by atoms with E-state index < -0.39 is 0 Å². The first-order valence-corrected chi connectivity index (χ1v) is 8.60. The Kier molecular flexibility index (Phi) is 6.98. The summed E-state index contributed by atoms with van der Waals surface area (Å²) in [7, 11) is 1.84. The van der Waals surface area contributed by atoms with E-state index in [1.54, 1.807) is 4.68 Å². The van der Waals surface area contributed by atoms with Crippen LogP contribution in [0.1, 0.15) is 53.7 Å². The van der Waals surface area contributed by atoms with Gasteiger partial charge in [-0.1, -0.05) is 41.5 Å². The SMILES string of the molecule is Cn1nc(C(C)(C)C)cc1NC(=O)CN(CCCO)CC(C)(C)C. The fourth-order valence-corrected chi connectivity index (χ4v) is 2.52. The first-order valence-electron chi connectivity index (χ1n) is 8.60. The number of aliphatic hydroxyl groups is 1. The van der Waals surface area contributed by atoms with E-state index in [0.717, 1.165) is 12.2 Å². The monoisotopic (exact) mass is 338 g/mol. The van der Waals surface area contributed by atoms with Crippen LogP contribution >= 0.6 is 0 Å². The highest BCUT2D eigenvalue weighted by Crippen LogP contribution is 2.23. The number of nitrogens with one attached hydrogen (secondary N) is 1. The lowest BCUT2D eigenvalue weighted by Gasteiger charge is -2.29. The lowest BCUT2D eigenvalue weighted by Crippen LogP contribution is -2.39. The summed E-state index contributed by atoms with van der Waals surface area (Å²) in [4.78, 5) is 14.5. The summed E-state index contributed by atoms with van der Waals surface area (Å²) < 4.78 is 1.71. The van der Waals surface area contributed by atoms with E-state index >= 15 is 0 Å². The third kappa shape index (κ3) is 7.01. The third-order valence-corrected chi connectivity index (χ3v) is 3.61. The average Bonchev–Trinajstić information content (AvgIpc) is 2.75. The molecule has 1 rings (SSSR count). The molecule has 0 fully saturated rings. The topological polar surface area (TPSA) is 70.4 Å². The maximum atomic E-state index is 12.4. The van der Waals surface area contributed by atoms with Crippen LogP contribution < -0.4 is 5.32 Å². The van der Waals surface area contributed by atoms with Crippen LogP contribution in [0.3, 0.4) is 0 Å². The van der Waals surface area contributed by atoms with Crippen molar-refractivity contribution < 1.29 is 9.90 Å². The van der Waals surface area contributed by atoms with Gasteiger partial charge in [0.25, 0.3) is 0 Å². The lowest BCUT2D eigenvalue weighted by molar-refractivity contribution is -0.117. The fraction of sp³-hybridized carbons (Fsp3) is 0.778. The maximum Gasteiger partial charge on any atom is 0.239 e. The number of carbonyl (C=O) groups is 1. The van der Waals surface area contributed by atoms with Crippen molar-refractivity contribution >= 4 is 11.7 Å². The molecule has 1 aromatic rings. The zero-order valence-corrected chi connectivity index (χ0v) is 16.3. The third-order valence-electron chi connectivity index (χ3n) is 3.61. The van der Waals surface area contributed by atoms with Gasteiger partial charge >= 0.3 is 0 Å². The molecule has 0 bridgehead atoms. The number of rotatable bonds is 7. The van der Waals surface area contributed by atoms with Crippen LogP contribution in [0.4, 0.5) is 5.82 Å². The van der Waals surface area contributed by atoms with Gasteiger partial charge in [-0.2, -0.15) is 5.10 Å². The summed E-state index contributed by atoms with van der Waals surface area (Å²) in [6, 6.07) is 1.93. The summed E-state index contributed by atoms with van der Waals surface area (Å²) in [6.45, 7) is 14.7. The Hall–Kier alpha value is -1.40. The molecule has 1 heterocycles. The van der Waals surface area contributed by atoms with Gasteiger partial charge in [0, 0.05) is 38.2 Å². The predicted octanol–water partition coefficient (Wildman–Crippen LogP) is 2.39. The molecule has 138 valence electrons. The van der Waals surface area contributed by atoms with E-state index in [2.05, 4.69) is 56.9 Å². The summed E-state index contributed by atoms with van der Waals surface area (Å²) in [5.74, 6) is 0.656. The highest BCUT2D eigenvalue weighted by Gasteiger charge is 2.21. The van der Waals surface area contributed by atoms with Crippen LogP contribution in [-0.4, -0.2) is 51.9 Å². The molecule has 0 saturated heterocycles. The van der Waals surface area contributed by atoms with E-state index in [1.807, 2.05) is 13.1 Å².